The number of phenolic OH excluding ortho intramolecular Hbond substituents is 1. The van der Waals surface area contributed by atoms with Gasteiger partial charge in [0.2, 0.25) is 0 Å². The summed E-state index contributed by atoms with van der Waals surface area (Å²) in [5.74, 6) is -3.32. The molecular weight excluding hydrogens is 390 g/mol. The molecule has 1 heterocycles. The van der Waals surface area contributed by atoms with Crippen LogP contribution in [0.1, 0.15) is 30.0 Å². The number of rotatable bonds is 7. The van der Waals surface area contributed by atoms with Crippen molar-refractivity contribution >= 4 is 23.4 Å². The molecule has 2 aromatic carbocycles. The summed E-state index contributed by atoms with van der Waals surface area (Å²) < 4.78 is 5.12. The maximum atomic E-state index is 12.8. The maximum absolute atomic E-state index is 12.8. The molecule has 0 aromatic heterocycles. The third kappa shape index (κ3) is 3.98. The highest BCUT2D eigenvalue weighted by Crippen LogP contribution is 2.41. The molecule has 1 amide bonds. The quantitative estimate of drug-likeness (QED) is 0.401. The first-order valence-corrected chi connectivity index (χ1v) is 9.25. The standard InChI is InChI=1S/C22H21NO7/c1-30-16-12-14(9-10-15(16)24)19-18(20(27)13-6-3-2-4-7-13)21(28)22(29)23(19)11-5-8-17(25)26/h2-4,6-7,9-10,12,19,24,27H,5,8,11H2,1H3,(H,25,26)/p-1/t19-/m1/s1. The Bertz CT molecular complexity index is 1010. The normalized spacial score (nSPS) is 17.9. The Hall–Kier alpha value is -3.81. The van der Waals surface area contributed by atoms with Crippen LogP contribution in [0.2, 0.25) is 0 Å². The first kappa shape index (κ1) is 20.9. The van der Waals surface area contributed by atoms with Gasteiger partial charge in [-0.1, -0.05) is 36.4 Å². The number of ketones is 1. The van der Waals surface area contributed by atoms with Gasteiger partial charge in [-0.3, -0.25) is 9.59 Å². The molecule has 0 bridgehead atoms. The summed E-state index contributed by atoms with van der Waals surface area (Å²) in [7, 11) is 1.36. The highest BCUT2D eigenvalue weighted by molar-refractivity contribution is 6.46. The number of phenols is 1. The van der Waals surface area contributed by atoms with Gasteiger partial charge in [-0.05, 0) is 30.5 Å². The molecule has 0 radical (unpaired) electrons. The van der Waals surface area contributed by atoms with E-state index in [1.165, 1.54) is 30.2 Å². The van der Waals surface area contributed by atoms with Gasteiger partial charge < -0.3 is 29.8 Å². The number of aliphatic carboxylic acids is 1. The lowest BCUT2D eigenvalue weighted by Crippen LogP contribution is -2.32. The Morgan fingerprint density at radius 3 is 2.50 bits per heavy atom. The number of ether oxygens (including phenoxy) is 1. The lowest BCUT2D eigenvalue weighted by molar-refractivity contribution is -0.305. The molecule has 1 aliphatic heterocycles. The van der Waals surface area contributed by atoms with Crippen LogP contribution in [0.4, 0.5) is 0 Å². The van der Waals surface area contributed by atoms with E-state index in [2.05, 4.69) is 0 Å². The van der Waals surface area contributed by atoms with E-state index >= 15 is 0 Å². The predicted octanol–water partition coefficient (Wildman–Crippen LogP) is 1.35. The molecule has 0 spiro atoms. The zero-order valence-electron chi connectivity index (χ0n) is 16.2. The number of hydrogen-bond acceptors (Lipinski definition) is 7. The molecule has 156 valence electrons. The van der Waals surface area contributed by atoms with E-state index in [0.29, 0.717) is 11.1 Å². The van der Waals surface area contributed by atoms with Crippen molar-refractivity contribution in [2.45, 2.75) is 18.9 Å². The fourth-order valence-corrected chi connectivity index (χ4v) is 3.47. The minimum absolute atomic E-state index is 0.0298. The predicted molar refractivity (Wildman–Crippen MR) is 104 cm³/mol. The molecule has 0 aliphatic carbocycles. The molecule has 2 N–H and O–H groups in total. The summed E-state index contributed by atoms with van der Waals surface area (Å²) >= 11 is 0. The third-order valence-electron chi connectivity index (χ3n) is 4.89. The van der Waals surface area contributed by atoms with Crippen LogP contribution in [0.5, 0.6) is 11.5 Å². The van der Waals surface area contributed by atoms with Gasteiger partial charge in [0.05, 0.1) is 18.7 Å². The molecule has 2 aromatic rings. The number of amides is 1. The lowest BCUT2D eigenvalue weighted by atomic mass is 9.95. The van der Waals surface area contributed by atoms with Crippen LogP contribution in [0, 0.1) is 0 Å². The molecule has 30 heavy (non-hydrogen) atoms. The molecule has 0 unspecified atom stereocenters. The van der Waals surface area contributed by atoms with Crippen LogP contribution < -0.4 is 9.84 Å². The summed E-state index contributed by atoms with van der Waals surface area (Å²) in [5, 5.41) is 31.5. The average molecular weight is 410 g/mol. The number of benzene rings is 2. The minimum atomic E-state index is -1.27. The number of Topliss-reactive ketones (excluding diaryl/α,β-unsaturated/α-hetero) is 1. The molecular formula is C22H20NO7-. The van der Waals surface area contributed by atoms with Crippen molar-refractivity contribution in [3.63, 3.8) is 0 Å². The lowest BCUT2D eigenvalue weighted by Gasteiger charge is -2.26. The zero-order chi connectivity index (χ0) is 21.8. The average Bonchev–Trinajstić information content (AvgIpc) is 2.99. The Balaban J connectivity index is 2.13. The number of likely N-dealkylation sites (tertiary alicyclic amines) is 1. The van der Waals surface area contributed by atoms with Gasteiger partial charge in [0.25, 0.3) is 11.7 Å². The summed E-state index contributed by atoms with van der Waals surface area (Å²) in [4.78, 5) is 37.5. The summed E-state index contributed by atoms with van der Waals surface area (Å²) in [5.41, 5.74) is 0.670. The van der Waals surface area contributed by atoms with Crippen LogP contribution in [0.15, 0.2) is 54.1 Å². The Labute approximate surface area is 172 Å². The highest BCUT2D eigenvalue weighted by Gasteiger charge is 2.46. The van der Waals surface area contributed by atoms with Crippen molar-refractivity contribution in [3.05, 3.63) is 65.2 Å². The van der Waals surface area contributed by atoms with Crippen LogP contribution in [-0.4, -0.2) is 46.4 Å². The number of hydrogen-bond donors (Lipinski definition) is 2. The van der Waals surface area contributed by atoms with E-state index in [0.717, 1.165) is 0 Å². The van der Waals surface area contributed by atoms with Crippen LogP contribution in [0.3, 0.4) is 0 Å². The van der Waals surface area contributed by atoms with Crippen molar-refractivity contribution in [2.75, 3.05) is 13.7 Å². The van der Waals surface area contributed by atoms with E-state index in [1.54, 1.807) is 30.3 Å². The molecule has 3 rings (SSSR count). The SMILES string of the molecule is COc1cc([C@@H]2C(=C(O)c3ccccc3)C(=O)C(=O)N2CCCC(=O)[O-])ccc1O. The number of methoxy groups -OCH3 is 1. The number of carbonyl (C=O) groups excluding carboxylic acids is 3. The Morgan fingerprint density at radius 1 is 1.17 bits per heavy atom. The smallest absolute Gasteiger partial charge is 0.295 e. The number of nitrogens with zero attached hydrogens (tertiary/aromatic N) is 1. The van der Waals surface area contributed by atoms with E-state index in [-0.39, 0.29) is 42.2 Å². The fourth-order valence-electron chi connectivity index (χ4n) is 3.47. The fraction of sp³-hybridized carbons (Fsp3) is 0.227. The van der Waals surface area contributed by atoms with Gasteiger partial charge in [-0.2, -0.15) is 0 Å². The Morgan fingerprint density at radius 2 is 1.87 bits per heavy atom. The Kier molecular flexibility index (Phi) is 6.06. The summed E-state index contributed by atoms with van der Waals surface area (Å²) in [6.45, 7) is -0.0298. The molecule has 0 saturated carbocycles. The maximum Gasteiger partial charge on any atom is 0.295 e. The van der Waals surface area contributed by atoms with Gasteiger partial charge >= 0.3 is 0 Å². The van der Waals surface area contributed by atoms with Crippen molar-refractivity contribution in [2.24, 2.45) is 0 Å². The number of aliphatic hydroxyl groups is 1. The van der Waals surface area contributed by atoms with Crippen molar-refractivity contribution < 1.29 is 34.4 Å². The van der Waals surface area contributed by atoms with Crippen LogP contribution in [-0.2, 0) is 14.4 Å². The number of aromatic hydroxyl groups is 1. The molecule has 8 nitrogen and oxygen atoms in total. The van der Waals surface area contributed by atoms with Gasteiger partial charge in [0, 0.05) is 18.1 Å². The third-order valence-corrected chi connectivity index (χ3v) is 4.89. The highest BCUT2D eigenvalue weighted by atomic mass is 16.5. The van der Waals surface area contributed by atoms with Gasteiger partial charge in [-0.25, -0.2) is 0 Å². The van der Waals surface area contributed by atoms with Crippen LogP contribution in [0.25, 0.3) is 5.76 Å². The van der Waals surface area contributed by atoms with E-state index in [4.69, 9.17) is 4.74 Å². The van der Waals surface area contributed by atoms with Gasteiger partial charge in [-0.15, -0.1) is 0 Å². The minimum Gasteiger partial charge on any atom is -0.550 e. The van der Waals surface area contributed by atoms with Crippen molar-refractivity contribution in [1.29, 1.82) is 0 Å². The number of aliphatic hydroxyl groups excluding tert-OH is 1. The van der Waals surface area contributed by atoms with Crippen LogP contribution >= 0.6 is 0 Å². The first-order chi connectivity index (χ1) is 14.3. The van der Waals surface area contributed by atoms with Crippen molar-refractivity contribution in [3.8, 4) is 11.5 Å². The monoisotopic (exact) mass is 410 g/mol. The van der Waals surface area contributed by atoms with E-state index in [1.807, 2.05) is 0 Å². The topological polar surface area (TPSA) is 127 Å². The molecule has 1 aliphatic rings. The molecule has 1 saturated heterocycles. The van der Waals surface area contributed by atoms with Crippen molar-refractivity contribution in [1.82, 2.24) is 4.90 Å². The molecule has 8 heteroatoms. The number of carboxylic acids is 1. The summed E-state index contributed by atoms with van der Waals surface area (Å²) in [6, 6.07) is 11.7. The van der Waals surface area contributed by atoms with Gasteiger partial charge in [0.1, 0.15) is 5.76 Å². The van der Waals surface area contributed by atoms with E-state index in [9.17, 15) is 29.7 Å². The second-order valence-corrected chi connectivity index (χ2v) is 6.77. The zero-order valence-corrected chi connectivity index (χ0v) is 16.2. The molecule has 1 atom stereocenters. The summed E-state index contributed by atoms with van der Waals surface area (Å²) in [6.07, 6.45) is -0.209. The largest absolute Gasteiger partial charge is 0.550 e. The second kappa shape index (κ2) is 8.69. The second-order valence-electron chi connectivity index (χ2n) is 6.77. The van der Waals surface area contributed by atoms with Gasteiger partial charge in [0.15, 0.2) is 11.5 Å². The van der Waals surface area contributed by atoms with E-state index < -0.39 is 23.7 Å². The number of carbonyl (C=O) groups is 3. The number of carboxylic acid groups (broad SMARTS) is 1. The molecule has 1 fully saturated rings. The first-order valence-electron chi connectivity index (χ1n) is 9.25.